The highest BCUT2D eigenvalue weighted by atomic mass is 16.6. The van der Waals surface area contributed by atoms with Crippen molar-refractivity contribution in [3.63, 3.8) is 0 Å². The first kappa shape index (κ1) is 19.6. The lowest BCUT2D eigenvalue weighted by molar-refractivity contribution is -0.384. The summed E-state index contributed by atoms with van der Waals surface area (Å²) in [6.07, 6.45) is 0. The molecule has 0 atom stereocenters. The number of anilines is 2. The van der Waals surface area contributed by atoms with Gasteiger partial charge in [0.2, 0.25) is 0 Å². The van der Waals surface area contributed by atoms with Gasteiger partial charge < -0.3 is 15.4 Å². The van der Waals surface area contributed by atoms with E-state index in [-0.39, 0.29) is 17.2 Å². The maximum Gasteiger partial charge on any atom is 0.270 e. The topological polar surface area (TPSA) is 111 Å². The third-order valence-electron chi connectivity index (χ3n) is 4.05. The molecule has 8 nitrogen and oxygen atoms in total. The van der Waals surface area contributed by atoms with Gasteiger partial charge in [-0.1, -0.05) is 12.1 Å². The molecule has 29 heavy (non-hydrogen) atoms. The van der Waals surface area contributed by atoms with E-state index in [1.54, 1.807) is 49.6 Å². The fourth-order valence-corrected chi connectivity index (χ4v) is 2.58. The Labute approximate surface area is 166 Å². The number of nitrogens with one attached hydrogen (secondary N) is 2. The second kappa shape index (κ2) is 8.66. The van der Waals surface area contributed by atoms with Gasteiger partial charge in [-0.2, -0.15) is 0 Å². The number of nitrogens with zero attached hydrogens (tertiary/aromatic N) is 1. The molecule has 3 aromatic rings. The number of carbonyl (C=O) groups is 2. The summed E-state index contributed by atoms with van der Waals surface area (Å²) in [5, 5.41) is 16.3. The zero-order valence-electron chi connectivity index (χ0n) is 15.4. The highest BCUT2D eigenvalue weighted by Gasteiger charge is 2.13. The number of amides is 2. The number of nitro groups is 1. The number of ether oxygens (including phenoxy) is 1. The third kappa shape index (κ3) is 4.95. The van der Waals surface area contributed by atoms with Crippen LogP contribution in [0.2, 0.25) is 0 Å². The maximum atomic E-state index is 12.5. The van der Waals surface area contributed by atoms with Crippen LogP contribution in [0.5, 0.6) is 5.75 Å². The molecule has 0 saturated heterocycles. The lowest BCUT2D eigenvalue weighted by Crippen LogP contribution is -2.14. The van der Waals surface area contributed by atoms with E-state index in [4.69, 9.17) is 4.74 Å². The molecule has 0 aromatic heterocycles. The quantitative estimate of drug-likeness (QED) is 0.485. The largest absolute Gasteiger partial charge is 0.497 e. The molecular formula is C21H17N3O5. The Morgan fingerprint density at radius 2 is 1.41 bits per heavy atom. The number of hydrogen-bond acceptors (Lipinski definition) is 5. The number of benzene rings is 3. The predicted molar refractivity (Wildman–Crippen MR) is 108 cm³/mol. The molecule has 0 bridgehead atoms. The first-order valence-corrected chi connectivity index (χ1v) is 8.57. The number of nitro benzene ring substituents is 1. The Morgan fingerprint density at radius 3 is 2.03 bits per heavy atom. The Balaban J connectivity index is 1.71. The summed E-state index contributed by atoms with van der Waals surface area (Å²) in [6, 6.07) is 18.7. The molecule has 0 aliphatic rings. The van der Waals surface area contributed by atoms with Gasteiger partial charge in [0.1, 0.15) is 5.75 Å². The van der Waals surface area contributed by atoms with E-state index in [0.717, 1.165) is 0 Å². The predicted octanol–water partition coefficient (Wildman–Crippen LogP) is 4.11. The molecule has 3 aromatic carbocycles. The molecule has 0 heterocycles. The van der Waals surface area contributed by atoms with Crippen LogP contribution in [0.4, 0.5) is 17.1 Å². The van der Waals surface area contributed by atoms with Crippen LogP contribution in [0, 0.1) is 10.1 Å². The molecule has 146 valence electrons. The number of methoxy groups -OCH3 is 1. The van der Waals surface area contributed by atoms with Crippen LogP contribution in [-0.2, 0) is 0 Å². The molecule has 0 unspecified atom stereocenters. The summed E-state index contributed by atoms with van der Waals surface area (Å²) in [4.78, 5) is 35.1. The Morgan fingerprint density at radius 1 is 0.828 bits per heavy atom. The fraction of sp³-hybridized carbons (Fsp3) is 0.0476. The first-order valence-electron chi connectivity index (χ1n) is 8.57. The van der Waals surface area contributed by atoms with Gasteiger partial charge in [-0.15, -0.1) is 0 Å². The van der Waals surface area contributed by atoms with Gasteiger partial charge in [-0.3, -0.25) is 19.7 Å². The van der Waals surface area contributed by atoms with Crippen molar-refractivity contribution in [1.29, 1.82) is 0 Å². The molecule has 0 spiro atoms. The summed E-state index contributed by atoms with van der Waals surface area (Å²) in [5.41, 5.74) is 1.31. The minimum atomic E-state index is -0.569. The summed E-state index contributed by atoms with van der Waals surface area (Å²) in [6.45, 7) is 0. The van der Waals surface area contributed by atoms with Gasteiger partial charge in [0.05, 0.1) is 12.0 Å². The average molecular weight is 391 g/mol. The molecule has 8 heteroatoms. The monoisotopic (exact) mass is 391 g/mol. The average Bonchev–Trinajstić information content (AvgIpc) is 2.74. The normalized spacial score (nSPS) is 10.1. The van der Waals surface area contributed by atoms with E-state index in [2.05, 4.69) is 10.6 Å². The lowest BCUT2D eigenvalue weighted by atomic mass is 10.1. The smallest absolute Gasteiger partial charge is 0.270 e. The molecule has 0 fully saturated rings. The molecule has 2 N–H and O–H groups in total. The SMILES string of the molecule is COc1ccc(NC(=O)c2cccc(NC(=O)c3cccc([N+](=O)[O-])c3)c2)cc1. The third-order valence-corrected chi connectivity index (χ3v) is 4.05. The van der Waals surface area contributed by atoms with Gasteiger partial charge in [0.25, 0.3) is 17.5 Å². The van der Waals surface area contributed by atoms with E-state index < -0.39 is 10.8 Å². The van der Waals surface area contributed by atoms with Gasteiger partial charge in [0, 0.05) is 34.6 Å². The van der Waals surface area contributed by atoms with E-state index in [9.17, 15) is 19.7 Å². The van der Waals surface area contributed by atoms with Crippen molar-refractivity contribution in [2.24, 2.45) is 0 Å². The van der Waals surface area contributed by atoms with Crippen molar-refractivity contribution in [1.82, 2.24) is 0 Å². The van der Waals surface area contributed by atoms with Crippen molar-refractivity contribution >= 4 is 28.9 Å². The summed E-state index contributed by atoms with van der Waals surface area (Å²) >= 11 is 0. The number of non-ortho nitro benzene ring substituents is 1. The number of hydrogen-bond donors (Lipinski definition) is 2. The molecule has 0 saturated carbocycles. The van der Waals surface area contributed by atoms with Gasteiger partial charge in [-0.05, 0) is 48.5 Å². The molecular weight excluding hydrogens is 374 g/mol. The second-order valence-corrected chi connectivity index (χ2v) is 6.02. The first-order chi connectivity index (χ1) is 14.0. The Kier molecular flexibility index (Phi) is 5.84. The number of rotatable bonds is 6. The minimum absolute atomic E-state index is 0.146. The van der Waals surface area contributed by atoms with Crippen molar-refractivity contribution < 1.29 is 19.2 Å². The standard InChI is InChI=1S/C21H17N3O5/c1-29-19-10-8-16(9-11-19)22-20(25)14-4-2-6-17(12-14)23-21(26)15-5-3-7-18(13-15)24(27)28/h2-13H,1H3,(H,22,25)(H,23,26). The van der Waals surface area contributed by atoms with Crippen LogP contribution in [-0.4, -0.2) is 23.8 Å². The van der Waals surface area contributed by atoms with Crippen LogP contribution in [0.25, 0.3) is 0 Å². The van der Waals surface area contributed by atoms with Crippen LogP contribution < -0.4 is 15.4 Å². The van der Waals surface area contributed by atoms with Gasteiger partial charge >= 0.3 is 0 Å². The van der Waals surface area contributed by atoms with Crippen molar-refractivity contribution in [2.75, 3.05) is 17.7 Å². The molecule has 2 amide bonds. The van der Waals surface area contributed by atoms with E-state index in [1.165, 1.54) is 30.3 Å². The minimum Gasteiger partial charge on any atom is -0.497 e. The van der Waals surface area contributed by atoms with E-state index >= 15 is 0 Å². The van der Waals surface area contributed by atoms with Crippen LogP contribution >= 0.6 is 0 Å². The second-order valence-electron chi connectivity index (χ2n) is 6.02. The van der Waals surface area contributed by atoms with E-state index in [1.807, 2.05) is 0 Å². The molecule has 0 radical (unpaired) electrons. The molecule has 0 aliphatic heterocycles. The molecule has 3 rings (SSSR count). The highest BCUT2D eigenvalue weighted by molar-refractivity contribution is 6.07. The van der Waals surface area contributed by atoms with Crippen LogP contribution in [0.15, 0.2) is 72.8 Å². The maximum absolute atomic E-state index is 12.5. The molecule has 0 aliphatic carbocycles. The van der Waals surface area contributed by atoms with Gasteiger partial charge in [-0.25, -0.2) is 0 Å². The van der Waals surface area contributed by atoms with Crippen LogP contribution in [0.3, 0.4) is 0 Å². The number of carbonyl (C=O) groups excluding carboxylic acids is 2. The Bertz CT molecular complexity index is 1060. The van der Waals surface area contributed by atoms with Gasteiger partial charge in [0.15, 0.2) is 0 Å². The van der Waals surface area contributed by atoms with E-state index in [0.29, 0.717) is 22.7 Å². The van der Waals surface area contributed by atoms with Crippen molar-refractivity contribution in [3.8, 4) is 5.75 Å². The lowest BCUT2D eigenvalue weighted by Gasteiger charge is -2.09. The Hall–Kier alpha value is -4.20. The summed E-state index contributed by atoms with van der Waals surface area (Å²) in [7, 11) is 1.56. The van der Waals surface area contributed by atoms with Crippen molar-refractivity contribution in [3.05, 3.63) is 94.0 Å². The highest BCUT2D eigenvalue weighted by Crippen LogP contribution is 2.18. The van der Waals surface area contributed by atoms with Crippen LogP contribution in [0.1, 0.15) is 20.7 Å². The zero-order valence-corrected chi connectivity index (χ0v) is 15.4. The van der Waals surface area contributed by atoms with Crippen molar-refractivity contribution in [2.45, 2.75) is 0 Å². The summed E-state index contributed by atoms with van der Waals surface area (Å²) in [5.74, 6) is -0.183. The zero-order chi connectivity index (χ0) is 20.8. The summed E-state index contributed by atoms with van der Waals surface area (Å²) < 4.78 is 5.08. The fourth-order valence-electron chi connectivity index (χ4n) is 2.58.